The van der Waals surface area contributed by atoms with Crippen molar-refractivity contribution in [3.8, 4) is 0 Å². The second-order valence-corrected chi connectivity index (χ2v) is 22.9. The van der Waals surface area contributed by atoms with Crippen LogP contribution in [-0.2, 0) is 4.74 Å². The lowest BCUT2D eigenvalue weighted by molar-refractivity contribution is -0.255. The van der Waals surface area contributed by atoms with Gasteiger partial charge in [-0.1, -0.05) is 107 Å². The molecule has 1 heterocycles. The average Bonchev–Trinajstić information content (AvgIpc) is 3.75. The largest absolute Gasteiger partial charge is 0.513 e. The van der Waals surface area contributed by atoms with Crippen LogP contribution in [0.1, 0.15) is 185 Å². The van der Waals surface area contributed by atoms with Crippen molar-refractivity contribution in [2.75, 3.05) is 19.6 Å². The second kappa shape index (κ2) is 17.0. The van der Waals surface area contributed by atoms with Gasteiger partial charge in [0.25, 0.3) is 0 Å². The van der Waals surface area contributed by atoms with Crippen molar-refractivity contribution in [2.24, 2.45) is 73.5 Å². The molecular weight excluding hydrogens is 699 g/mol. The maximum Gasteiger partial charge on any atom is 0.104 e. The molecule has 1 saturated heterocycles. The number of unbranched alkanes of at least 4 members (excludes halogenated alkanes) is 2. The fraction of sp³-hybridized carbons (Fsp3) is 0.846. The van der Waals surface area contributed by atoms with Crippen molar-refractivity contribution in [3.63, 3.8) is 0 Å². The molecule has 2 unspecified atom stereocenters. The molecular formula is C52H91N3O2. The molecule has 5 heteroatoms. The molecule has 0 radical (unpaired) electrons. The fourth-order valence-electron chi connectivity index (χ4n) is 16.0. The van der Waals surface area contributed by atoms with Gasteiger partial charge < -0.3 is 26.2 Å². The van der Waals surface area contributed by atoms with Crippen molar-refractivity contribution in [3.05, 3.63) is 49.1 Å². The SMILES string of the molecule is C=C(O)CC(C)(C)CC(=C)OC1CC[C@]2(C)[C@H]3CCC4(N)[C@H]5[C@H](C(=C)C)CC[C@]5(CC(=C)N5CC[C@H](CCCCCN)C5)CC[C@@]4(C)[C@]3(C)CC[C@H]2C1(C)C.CC. The molecule has 0 spiro atoms. The zero-order chi connectivity index (χ0) is 42.4. The van der Waals surface area contributed by atoms with E-state index in [0.29, 0.717) is 30.1 Å². The quantitative estimate of drug-likeness (QED) is 0.0874. The highest BCUT2D eigenvalue weighted by molar-refractivity contribution is 5.29. The molecule has 6 aliphatic rings. The highest BCUT2D eigenvalue weighted by Gasteiger charge is 2.75. The standard InChI is InChI=1S/C50H85N3O2.C2H6/c1-34(2)39-17-24-49(30-35(3)53-29-21-38(33-53)16-14-13-15-28-51)27-26-48(12)47(11)23-18-40-45(8,9)42(55-37(5)32-44(6,7)31-36(4)54)20-22-46(40,10)41(47)19-25-50(48,52)43(39)49;1-2/h38-43,54H,1,3-5,13-33,51-52H2,2,6-12H3;1-2H3/t38-,39-,40-,41+,42?,43-,46-,47+,48-,49+,50?;/m0./s1. The molecule has 0 aromatic carbocycles. The van der Waals surface area contributed by atoms with E-state index < -0.39 is 0 Å². The molecule has 0 aromatic heterocycles. The number of aliphatic hydroxyl groups excluding tert-OH is 1. The smallest absolute Gasteiger partial charge is 0.104 e. The Balaban J connectivity index is 0.00000305. The first-order valence-electron chi connectivity index (χ1n) is 23.9. The minimum Gasteiger partial charge on any atom is -0.513 e. The number of nitrogens with two attached hydrogens (primary N) is 2. The molecule has 0 aromatic rings. The van der Waals surface area contributed by atoms with Gasteiger partial charge in [-0.2, -0.15) is 0 Å². The maximum absolute atomic E-state index is 9.91. The molecule has 5 N–H and O–H groups in total. The van der Waals surface area contributed by atoms with Gasteiger partial charge in [0, 0.05) is 42.6 Å². The van der Waals surface area contributed by atoms with Crippen LogP contribution in [-0.4, -0.2) is 41.3 Å². The third-order valence-corrected chi connectivity index (χ3v) is 18.7. The first-order valence-corrected chi connectivity index (χ1v) is 23.9. The molecule has 0 bridgehead atoms. The molecule has 6 fully saturated rings. The summed E-state index contributed by atoms with van der Waals surface area (Å²) in [7, 11) is 0. The van der Waals surface area contributed by atoms with Gasteiger partial charge in [-0.05, 0) is 160 Å². The minimum absolute atomic E-state index is 0.0395. The van der Waals surface area contributed by atoms with E-state index in [2.05, 4.69) is 80.0 Å². The normalized spacial score (nSPS) is 40.7. The van der Waals surface area contributed by atoms with E-state index in [-0.39, 0.29) is 49.9 Å². The predicted octanol–water partition coefficient (Wildman–Crippen LogP) is 13.3. The van der Waals surface area contributed by atoms with E-state index >= 15 is 0 Å². The van der Waals surface area contributed by atoms with Gasteiger partial charge in [-0.25, -0.2) is 0 Å². The van der Waals surface area contributed by atoms with E-state index in [4.69, 9.17) is 22.8 Å². The Hall–Kier alpha value is -1.72. The minimum atomic E-state index is -0.211. The summed E-state index contributed by atoms with van der Waals surface area (Å²) in [6.45, 7) is 44.6. The van der Waals surface area contributed by atoms with Crippen LogP contribution >= 0.6 is 0 Å². The van der Waals surface area contributed by atoms with Crippen LogP contribution in [0, 0.1) is 62.1 Å². The summed E-state index contributed by atoms with van der Waals surface area (Å²) in [6, 6.07) is 0. The topological polar surface area (TPSA) is 84.7 Å². The number of nitrogens with zero attached hydrogens (tertiary/aromatic N) is 1. The van der Waals surface area contributed by atoms with Crippen molar-refractivity contribution in [1.82, 2.24) is 4.90 Å². The molecule has 0 amide bonds. The van der Waals surface area contributed by atoms with Gasteiger partial charge in [0.1, 0.15) is 6.10 Å². The first-order chi connectivity index (χ1) is 26.6. The zero-order valence-corrected chi connectivity index (χ0v) is 39.1. The van der Waals surface area contributed by atoms with Crippen molar-refractivity contribution >= 4 is 0 Å². The monoisotopic (exact) mass is 790 g/mol. The lowest BCUT2D eigenvalue weighted by Crippen LogP contribution is -2.76. The van der Waals surface area contributed by atoms with E-state index in [1.54, 1.807) is 0 Å². The molecule has 5 saturated carbocycles. The summed E-state index contributed by atoms with van der Waals surface area (Å²) < 4.78 is 6.85. The average molecular weight is 790 g/mol. The van der Waals surface area contributed by atoms with Crippen molar-refractivity contribution < 1.29 is 9.84 Å². The molecule has 6 rings (SSSR count). The molecule has 5 aliphatic carbocycles. The molecule has 5 nitrogen and oxygen atoms in total. The van der Waals surface area contributed by atoms with Crippen LogP contribution in [0.5, 0.6) is 0 Å². The van der Waals surface area contributed by atoms with Crippen molar-refractivity contribution in [1.29, 1.82) is 0 Å². The summed E-state index contributed by atoms with van der Waals surface area (Å²) >= 11 is 0. The van der Waals surface area contributed by atoms with Crippen molar-refractivity contribution in [2.45, 2.75) is 196 Å². The molecule has 1 aliphatic heterocycles. The van der Waals surface area contributed by atoms with Crippen LogP contribution in [0.25, 0.3) is 0 Å². The Morgan fingerprint density at radius 1 is 0.825 bits per heavy atom. The van der Waals surface area contributed by atoms with Gasteiger partial charge in [-0.15, -0.1) is 0 Å². The Bertz CT molecular complexity index is 1480. The van der Waals surface area contributed by atoms with Crippen LogP contribution in [0.3, 0.4) is 0 Å². The van der Waals surface area contributed by atoms with E-state index in [1.807, 2.05) is 13.8 Å². The van der Waals surface area contributed by atoms with E-state index in [9.17, 15) is 5.11 Å². The zero-order valence-electron chi connectivity index (χ0n) is 39.1. The molecule has 326 valence electrons. The fourth-order valence-corrected chi connectivity index (χ4v) is 16.0. The number of hydrogen-bond donors (Lipinski definition) is 3. The van der Waals surface area contributed by atoms with Gasteiger partial charge in [0.05, 0.1) is 11.5 Å². The van der Waals surface area contributed by atoms with Crippen LogP contribution < -0.4 is 11.5 Å². The third-order valence-electron chi connectivity index (χ3n) is 18.7. The number of allylic oxidation sites excluding steroid dienone is 4. The van der Waals surface area contributed by atoms with Gasteiger partial charge in [-0.3, -0.25) is 0 Å². The lowest BCUT2D eigenvalue weighted by atomic mass is 9.30. The highest BCUT2D eigenvalue weighted by Crippen LogP contribution is 2.78. The third kappa shape index (κ3) is 8.11. The lowest BCUT2D eigenvalue weighted by Gasteiger charge is -2.76. The van der Waals surface area contributed by atoms with E-state index in [0.717, 1.165) is 50.3 Å². The van der Waals surface area contributed by atoms with Crippen LogP contribution in [0.2, 0.25) is 0 Å². The number of likely N-dealkylation sites (tertiary alicyclic amines) is 1. The van der Waals surface area contributed by atoms with Crippen LogP contribution in [0.15, 0.2) is 49.1 Å². The number of fused-ring (bicyclic) bond motifs is 7. The Labute approximate surface area is 352 Å². The summed E-state index contributed by atoms with van der Waals surface area (Å²) in [6.07, 6.45) is 21.1. The number of rotatable bonds is 15. The number of ether oxygens (including phenoxy) is 1. The Morgan fingerprint density at radius 2 is 1.51 bits per heavy atom. The second-order valence-electron chi connectivity index (χ2n) is 22.9. The summed E-state index contributed by atoms with van der Waals surface area (Å²) in [5.41, 5.74) is 17.2. The molecule has 11 atom stereocenters. The van der Waals surface area contributed by atoms with E-state index in [1.165, 1.54) is 101 Å². The molecule has 57 heavy (non-hydrogen) atoms. The number of hydrogen-bond acceptors (Lipinski definition) is 5. The van der Waals surface area contributed by atoms with Gasteiger partial charge in [0.2, 0.25) is 0 Å². The highest BCUT2D eigenvalue weighted by atomic mass is 16.5. The first kappa shape index (κ1) is 46.3. The van der Waals surface area contributed by atoms with Crippen LogP contribution in [0.4, 0.5) is 0 Å². The summed E-state index contributed by atoms with van der Waals surface area (Å²) in [4.78, 5) is 2.68. The summed E-state index contributed by atoms with van der Waals surface area (Å²) in [5, 5.41) is 9.91. The van der Waals surface area contributed by atoms with Gasteiger partial charge >= 0.3 is 0 Å². The summed E-state index contributed by atoms with van der Waals surface area (Å²) in [5.74, 6) is 4.09. The Kier molecular flexibility index (Phi) is 13.8. The van der Waals surface area contributed by atoms with Gasteiger partial charge in [0.15, 0.2) is 0 Å². The number of aliphatic hydroxyl groups is 1. The maximum atomic E-state index is 9.91. The predicted molar refractivity (Wildman–Crippen MR) is 244 cm³/mol. The Morgan fingerprint density at radius 3 is 2.16 bits per heavy atom.